The summed E-state index contributed by atoms with van der Waals surface area (Å²) in [5.74, 6) is -0.372. The first-order valence-corrected chi connectivity index (χ1v) is 5.24. The lowest BCUT2D eigenvalue weighted by atomic mass is 9.80. The molecule has 5 nitrogen and oxygen atoms in total. The summed E-state index contributed by atoms with van der Waals surface area (Å²) in [5, 5.41) is 17.8. The van der Waals surface area contributed by atoms with Crippen molar-refractivity contribution < 1.29 is 19.7 Å². The maximum atomic E-state index is 11.4. The highest BCUT2D eigenvalue weighted by Gasteiger charge is 2.23. The highest BCUT2D eigenvalue weighted by atomic mass is 16.7. The van der Waals surface area contributed by atoms with Crippen molar-refractivity contribution in [3.8, 4) is 0 Å². The van der Waals surface area contributed by atoms with Gasteiger partial charge < -0.3 is 14.9 Å². The first kappa shape index (κ1) is 13.5. The van der Waals surface area contributed by atoms with Gasteiger partial charge in [-0.25, -0.2) is 10.3 Å². The normalized spacial score (nSPS) is 10.9. The van der Waals surface area contributed by atoms with Crippen LogP contribution in [0.3, 0.4) is 0 Å². The van der Waals surface area contributed by atoms with E-state index in [0.717, 1.165) is 0 Å². The zero-order valence-corrected chi connectivity index (χ0v) is 10.1. The summed E-state index contributed by atoms with van der Waals surface area (Å²) < 4.78 is 0. The lowest BCUT2D eigenvalue weighted by Crippen LogP contribution is -2.29. The number of nitrogens with one attached hydrogen (secondary N) is 1. The second-order valence-corrected chi connectivity index (χ2v) is 4.74. The first-order chi connectivity index (χ1) is 7.80. The van der Waals surface area contributed by atoms with Crippen LogP contribution in [-0.4, -0.2) is 23.1 Å². The Labute approximate surface area is 101 Å². The van der Waals surface area contributed by atoms with Gasteiger partial charge in [0, 0.05) is 0 Å². The van der Waals surface area contributed by atoms with Gasteiger partial charge in [-0.15, -0.1) is 0 Å². The summed E-state index contributed by atoms with van der Waals surface area (Å²) in [6.45, 7) is 5.26. The number of carbonyl (C=O) groups is 1. The fourth-order valence-corrected chi connectivity index (χ4v) is 0.982. The van der Waals surface area contributed by atoms with Crippen LogP contribution in [0.15, 0.2) is 24.3 Å². The molecule has 1 aromatic rings. The molecule has 0 aromatic heterocycles. The van der Waals surface area contributed by atoms with E-state index < -0.39 is 12.5 Å². The molecule has 0 fully saturated rings. The van der Waals surface area contributed by atoms with Gasteiger partial charge in [0.05, 0.1) is 11.1 Å². The molecule has 17 heavy (non-hydrogen) atoms. The molecule has 0 radical (unpaired) electrons. The molecule has 0 heterocycles. The fraction of sp³-hybridized carbons (Fsp3) is 0.364. The molecule has 0 bridgehead atoms. The van der Waals surface area contributed by atoms with E-state index in [1.807, 2.05) is 0 Å². The van der Waals surface area contributed by atoms with E-state index in [4.69, 9.17) is 14.9 Å². The lowest BCUT2D eigenvalue weighted by Gasteiger charge is -2.16. The lowest BCUT2D eigenvalue weighted by molar-refractivity contribution is -0.149. The van der Waals surface area contributed by atoms with Gasteiger partial charge in [0.15, 0.2) is 0 Å². The minimum Gasteiger partial charge on any atom is -0.423 e. The fourth-order valence-electron chi connectivity index (χ4n) is 0.982. The van der Waals surface area contributed by atoms with E-state index >= 15 is 0 Å². The van der Waals surface area contributed by atoms with Crippen molar-refractivity contribution in [2.75, 3.05) is 5.48 Å². The predicted octanol–water partition coefficient (Wildman–Crippen LogP) is 0.283. The third kappa shape index (κ3) is 4.09. The van der Waals surface area contributed by atoms with Crippen molar-refractivity contribution in [1.82, 2.24) is 0 Å². The number of rotatable bonds is 3. The molecule has 1 rings (SSSR count). The average Bonchev–Trinajstić information content (AvgIpc) is 2.25. The molecular formula is C11H16BNO4. The van der Waals surface area contributed by atoms with Crippen LogP contribution in [0.2, 0.25) is 0 Å². The number of carbonyl (C=O) groups excluding carboxylic acids is 1. The van der Waals surface area contributed by atoms with Crippen LogP contribution in [0.25, 0.3) is 0 Å². The Balaban J connectivity index is 2.56. The predicted molar refractivity (Wildman–Crippen MR) is 65.4 cm³/mol. The Bertz CT molecular complexity index is 383. The quantitative estimate of drug-likeness (QED) is 0.520. The van der Waals surface area contributed by atoms with Gasteiger partial charge in [0.2, 0.25) is 0 Å². The SMILES string of the molecule is CC(C)(C)C(=O)ONc1ccc(B(O)O)cc1. The van der Waals surface area contributed by atoms with Gasteiger partial charge in [-0.2, -0.15) is 0 Å². The molecule has 6 heteroatoms. The summed E-state index contributed by atoms with van der Waals surface area (Å²) >= 11 is 0. The third-order valence-corrected chi connectivity index (χ3v) is 2.08. The van der Waals surface area contributed by atoms with Crippen LogP contribution >= 0.6 is 0 Å². The van der Waals surface area contributed by atoms with Crippen LogP contribution in [0, 0.1) is 5.41 Å². The second-order valence-electron chi connectivity index (χ2n) is 4.74. The van der Waals surface area contributed by atoms with E-state index in [1.54, 1.807) is 32.9 Å². The molecule has 0 saturated carbocycles. The number of hydrogen-bond acceptors (Lipinski definition) is 5. The van der Waals surface area contributed by atoms with Crippen LogP contribution in [-0.2, 0) is 9.63 Å². The molecule has 0 saturated heterocycles. The Hall–Kier alpha value is -1.53. The van der Waals surface area contributed by atoms with Gasteiger partial charge in [-0.3, -0.25) is 0 Å². The monoisotopic (exact) mass is 237 g/mol. The van der Waals surface area contributed by atoms with Crippen molar-refractivity contribution in [3.63, 3.8) is 0 Å². The summed E-state index contributed by atoms with van der Waals surface area (Å²) in [6, 6.07) is 6.23. The largest absolute Gasteiger partial charge is 0.488 e. The molecule has 1 aromatic carbocycles. The molecule has 92 valence electrons. The van der Waals surface area contributed by atoms with Gasteiger partial charge >= 0.3 is 13.1 Å². The Kier molecular flexibility index (Phi) is 4.14. The molecule has 0 aliphatic rings. The number of benzene rings is 1. The number of hydrogen-bond donors (Lipinski definition) is 3. The van der Waals surface area contributed by atoms with Crippen LogP contribution in [0.5, 0.6) is 0 Å². The molecule has 0 unspecified atom stereocenters. The van der Waals surface area contributed by atoms with Crippen molar-refractivity contribution >= 4 is 24.2 Å². The summed E-state index contributed by atoms with van der Waals surface area (Å²) in [5.41, 5.74) is 2.86. The summed E-state index contributed by atoms with van der Waals surface area (Å²) in [4.78, 5) is 16.3. The maximum Gasteiger partial charge on any atom is 0.488 e. The Morgan fingerprint density at radius 2 is 1.76 bits per heavy atom. The minimum absolute atomic E-state index is 0.372. The summed E-state index contributed by atoms with van der Waals surface area (Å²) in [6.07, 6.45) is 0. The van der Waals surface area contributed by atoms with E-state index in [2.05, 4.69) is 5.48 Å². The maximum absolute atomic E-state index is 11.4. The zero-order valence-electron chi connectivity index (χ0n) is 10.1. The second kappa shape index (κ2) is 5.20. The molecule has 0 spiro atoms. The van der Waals surface area contributed by atoms with Gasteiger partial charge in [-0.1, -0.05) is 12.1 Å². The van der Waals surface area contributed by atoms with Gasteiger partial charge in [0.25, 0.3) is 0 Å². The molecule has 0 aliphatic carbocycles. The first-order valence-electron chi connectivity index (χ1n) is 5.24. The summed E-state index contributed by atoms with van der Waals surface area (Å²) in [7, 11) is -1.50. The zero-order chi connectivity index (χ0) is 13.1. The minimum atomic E-state index is -1.50. The average molecular weight is 237 g/mol. The Morgan fingerprint density at radius 3 is 2.18 bits per heavy atom. The molecular weight excluding hydrogens is 221 g/mol. The van der Waals surface area contributed by atoms with Crippen LogP contribution < -0.4 is 10.9 Å². The van der Waals surface area contributed by atoms with Crippen LogP contribution in [0.1, 0.15) is 20.8 Å². The van der Waals surface area contributed by atoms with Crippen molar-refractivity contribution in [2.24, 2.45) is 5.41 Å². The third-order valence-electron chi connectivity index (χ3n) is 2.08. The smallest absolute Gasteiger partial charge is 0.423 e. The number of anilines is 1. The van der Waals surface area contributed by atoms with E-state index in [9.17, 15) is 4.79 Å². The molecule has 0 atom stereocenters. The van der Waals surface area contributed by atoms with Crippen molar-refractivity contribution in [3.05, 3.63) is 24.3 Å². The standard InChI is InChI=1S/C11H16BNO4/c1-11(2,3)10(14)17-13-9-6-4-8(5-7-9)12(15)16/h4-7,13,15-16H,1-3H3. The Morgan fingerprint density at radius 1 is 1.24 bits per heavy atom. The van der Waals surface area contributed by atoms with E-state index in [-0.39, 0.29) is 5.97 Å². The highest BCUT2D eigenvalue weighted by Crippen LogP contribution is 2.15. The van der Waals surface area contributed by atoms with Crippen molar-refractivity contribution in [2.45, 2.75) is 20.8 Å². The van der Waals surface area contributed by atoms with Gasteiger partial charge in [0.1, 0.15) is 0 Å². The highest BCUT2D eigenvalue weighted by molar-refractivity contribution is 6.58. The van der Waals surface area contributed by atoms with E-state index in [0.29, 0.717) is 11.2 Å². The van der Waals surface area contributed by atoms with Crippen LogP contribution in [0.4, 0.5) is 5.69 Å². The van der Waals surface area contributed by atoms with Crippen molar-refractivity contribution in [1.29, 1.82) is 0 Å². The molecule has 0 amide bonds. The molecule has 0 aliphatic heterocycles. The van der Waals surface area contributed by atoms with Gasteiger partial charge in [-0.05, 0) is 38.4 Å². The van der Waals surface area contributed by atoms with E-state index in [1.165, 1.54) is 12.1 Å². The topological polar surface area (TPSA) is 78.8 Å². The molecule has 3 N–H and O–H groups in total.